The Labute approximate surface area is 126 Å². The summed E-state index contributed by atoms with van der Waals surface area (Å²) in [5.74, 6) is 0.694. The number of hydrogen-bond donors (Lipinski definition) is 1. The summed E-state index contributed by atoms with van der Waals surface area (Å²) in [5, 5.41) is 6.75. The molecular formula is C17H24N2S. The lowest BCUT2D eigenvalue weighted by molar-refractivity contribution is 0.587. The second-order valence-electron chi connectivity index (χ2n) is 5.77. The van der Waals surface area contributed by atoms with Gasteiger partial charge in [0.2, 0.25) is 0 Å². The van der Waals surface area contributed by atoms with Crippen molar-refractivity contribution >= 4 is 11.3 Å². The molecule has 1 atom stereocenters. The van der Waals surface area contributed by atoms with Crippen molar-refractivity contribution in [3.8, 4) is 0 Å². The van der Waals surface area contributed by atoms with E-state index < -0.39 is 0 Å². The molecule has 0 aliphatic heterocycles. The molecule has 0 bridgehead atoms. The molecular weight excluding hydrogens is 264 g/mol. The maximum absolute atomic E-state index is 4.57. The molecule has 0 saturated carbocycles. The Bertz CT molecular complexity index is 545. The van der Waals surface area contributed by atoms with Crippen LogP contribution in [0, 0.1) is 12.8 Å². The van der Waals surface area contributed by atoms with Crippen LogP contribution in [0.5, 0.6) is 0 Å². The molecule has 2 nitrogen and oxygen atoms in total. The topological polar surface area (TPSA) is 24.9 Å². The molecule has 1 heterocycles. The Kier molecular flexibility index (Phi) is 5.32. The summed E-state index contributed by atoms with van der Waals surface area (Å²) in [5.41, 5.74) is 3.90. The molecule has 2 aromatic rings. The summed E-state index contributed by atoms with van der Waals surface area (Å²) in [6.07, 6.45) is 2.10. The Morgan fingerprint density at radius 3 is 2.65 bits per heavy atom. The predicted molar refractivity (Wildman–Crippen MR) is 87.3 cm³/mol. The third-order valence-corrected chi connectivity index (χ3v) is 4.38. The van der Waals surface area contributed by atoms with Crippen molar-refractivity contribution in [1.82, 2.24) is 10.3 Å². The summed E-state index contributed by atoms with van der Waals surface area (Å²) in [6.45, 7) is 6.58. The van der Waals surface area contributed by atoms with Crippen molar-refractivity contribution in [3.05, 3.63) is 51.5 Å². The summed E-state index contributed by atoms with van der Waals surface area (Å²) in [7, 11) is 2.03. The number of nitrogens with one attached hydrogen (secondary N) is 1. The highest BCUT2D eigenvalue weighted by Crippen LogP contribution is 2.22. The van der Waals surface area contributed by atoms with Crippen molar-refractivity contribution in [2.45, 2.75) is 39.7 Å². The second kappa shape index (κ2) is 7.00. The van der Waals surface area contributed by atoms with E-state index in [4.69, 9.17) is 0 Å². The third-order valence-electron chi connectivity index (χ3n) is 3.39. The molecule has 3 heteroatoms. The van der Waals surface area contributed by atoms with Crippen LogP contribution in [-0.2, 0) is 12.8 Å². The average molecular weight is 288 g/mol. The minimum Gasteiger partial charge on any atom is -0.313 e. The number of aromatic nitrogens is 1. The minimum atomic E-state index is 0.340. The van der Waals surface area contributed by atoms with Crippen molar-refractivity contribution in [2.75, 3.05) is 7.05 Å². The van der Waals surface area contributed by atoms with Gasteiger partial charge in [-0.2, -0.15) is 0 Å². The molecule has 1 N–H and O–H groups in total. The van der Waals surface area contributed by atoms with Gasteiger partial charge in [0.1, 0.15) is 0 Å². The normalized spacial score (nSPS) is 12.8. The van der Waals surface area contributed by atoms with Crippen LogP contribution in [0.3, 0.4) is 0 Å². The fourth-order valence-corrected chi connectivity index (χ4v) is 3.28. The molecule has 1 unspecified atom stereocenters. The molecule has 0 spiro atoms. The van der Waals surface area contributed by atoms with Gasteiger partial charge in [-0.3, -0.25) is 0 Å². The molecule has 0 saturated heterocycles. The summed E-state index contributed by atoms with van der Waals surface area (Å²) < 4.78 is 0. The molecule has 108 valence electrons. The van der Waals surface area contributed by atoms with Gasteiger partial charge in [0.25, 0.3) is 0 Å². The quantitative estimate of drug-likeness (QED) is 0.863. The van der Waals surface area contributed by atoms with Crippen LogP contribution in [0.4, 0.5) is 0 Å². The largest absolute Gasteiger partial charge is 0.313 e. The highest BCUT2D eigenvalue weighted by molar-refractivity contribution is 7.09. The van der Waals surface area contributed by atoms with Gasteiger partial charge < -0.3 is 5.32 Å². The third kappa shape index (κ3) is 4.15. The molecule has 0 amide bonds. The molecule has 2 rings (SSSR count). The van der Waals surface area contributed by atoms with Gasteiger partial charge >= 0.3 is 0 Å². The Hall–Kier alpha value is -1.19. The number of benzene rings is 1. The van der Waals surface area contributed by atoms with Crippen LogP contribution in [0.15, 0.2) is 29.6 Å². The van der Waals surface area contributed by atoms with Gasteiger partial charge in [0, 0.05) is 23.5 Å². The molecule has 0 aliphatic rings. The number of likely N-dealkylation sites (N-methyl/N-ethyl adjacent to an activating group) is 1. The first kappa shape index (κ1) is 15.2. The predicted octanol–water partition coefficient (Wildman–Crippen LogP) is 4.15. The van der Waals surface area contributed by atoms with Gasteiger partial charge in [0.15, 0.2) is 0 Å². The lowest BCUT2D eigenvalue weighted by Gasteiger charge is -2.17. The molecule has 0 radical (unpaired) electrons. The first-order valence-corrected chi connectivity index (χ1v) is 8.13. The zero-order chi connectivity index (χ0) is 14.5. The van der Waals surface area contributed by atoms with E-state index >= 15 is 0 Å². The van der Waals surface area contributed by atoms with E-state index in [-0.39, 0.29) is 0 Å². The highest BCUT2D eigenvalue weighted by atomic mass is 32.1. The second-order valence-corrected chi connectivity index (χ2v) is 6.71. The number of thiazole rings is 1. The van der Waals surface area contributed by atoms with Gasteiger partial charge in [-0.05, 0) is 37.4 Å². The molecule has 1 aromatic heterocycles. The highest BCUT2D eigenvalue weighted by Gasteiger charge is 2.13. The number of hydrogen-bond acceptors (Lipinski definition) is 3. The standard InChI is InChI=1S/C17H24N2S/c1-12(2)8-14-6-5-7-15(9-14)16(18-4)10-17-19-13(3)11-20-17/h5-7,9,11-12,16,18H,8,10H2,1-4H3. The minimum absolute atomic E-state index is 0.340. The summed E-state index contributed by atoms with van der Waals surface area (Å²) in [4.78, 5) is 4.57. The van der Waals surface area contributed by atoms with Crippen molar-refractivity contribution in [2.24, 2.45) is 5.92 Å². The first-order valence-electron chi connectivity index (χ1n) is 7.25. The van der Waals surface area contributed by atoms with Crippen molar-refractivity contribution < 1.29 is 0 Å². The lowest BCUT2D eigenvalue weighted by Crippen LogP contribution is -2.19. The smallest absolute Gasteiger partial charge is 0.0947 e. The van der Waals surface area contributed by atoms with Gasteiger partial charge in [-0.1, -0.05) is 38.1 Å². The molecule has 0 fully saturated rings. The number of nitrogens with zero attached hydrogens (tertiary/aromatic N) is 1. The van der Waals surface area contributed by atoms with Crippen LogP contribution >= 0.6 is 11.3 Å². The zero-order valence-corrected chi connectivity index (χ0v) is 13.6. The average Bonchev–Trinajstić information content (AvgIpc) is 2.81. The SMILES string of the molecule is CNC(Cc1nc(C)cs1)c1cccc(CC(C)C)c1. The van der Waals surface area contributed by atoms with Crippen LogP contribution < -0.4 is 5.32 Å². The summed E-state index contributed by atoms with van der Waals surface area (Å²) >= 11 is 1.75. The Morgan fingerprint density at radius 2 is 2.05 bits per heavy atom. The van der Waals surface area contributed by atoms with E-state index in [9.17, 15) is 0 Å². The van der Waals surface area contributed by atoms with Gasteiger partial charge in [-0.15, -0.1) is 11.3 Å². The van der Waals surface area contributed by atoms with E-state index in [1.807, 2.05) is 7.05 Å². The van der Waals surface area contributed by atoms with Gasteiger partial charge in [0.05, 0.1) is 5.01 Å². The maximum atomic E-state index is 4.57. The number of aryl methyl sites for hydroxylation is 1. The van der Waals surface area contributed by atoms with Crippen LogP contribution in [0.25, 0.3) is 0 Å². The number of rotatable bonds is 6. The van der Waals surface area contributed by atoms with Crippen LogP contribution in [0.2, 0.25) is 0 Å². The van der Waals surface area contributed by atoms with Crippen LogP contribution in [0.1, 0.15) is 41.7 Å². The Balaban J connectivity index is 2.14. The van der Waals surface area contributed by atoms with Crippen molar-refractivity contribution in [3.63, 3.8) is 0 Å². The summed E-state index contributed by atoms with van der Waals surface area (Å²) in [6, 6.07) is 9.29. The van der Waals surface area contributed by atoms with Gasteiger partial charge in [-0.25, -0.2) is 4.98 Å². The first-order chi connectivity index (χ1) is 9.58. The molecule has 20 heavy (non-hydrogen) atoms. The van der Waals surface area contributed by atoms with E-state index in [1.54, 1.807) is 11.3 Å². The maximum Gasteiger partial charge on any atom is 0.0947 e. The van der Waals surface area contributed by atoms with E-state index in [1.165, 1.54) is 16.1 Å². The molecule has 0 aliphatic carbocycles. The Morgan fingerprint density at radius 1 is 1.25 bits per heavy atom. The lowest BCUT2D eigenvalue weighted by atomic mass is 9.97. The fourth-order valence-electron chi connectivity index (χ4n) is 2.47. The van der Waals surface area contributed by atoms with E-state index in [2.05, 4.69) is 60.7 Å². The van der Waals surface area contributed by atoms with Crippen molar-refractivity contribution in [1.29, 1.82) is 0 Å². The molecule has 1 aromatic carbocycles. The van der Waals surface area contributed by atoms with E-state index in [0.29, 0.717) is 12.0 Å². The monoisotopic (exact) mass is 288 g/mol. The van der Waals surface area contributed by atoms with Crippen LogP contribution in [-0.4, -0.2) is 12.0 Å². The fraction of sp³-hybridized carbons (Fsp3) is 0.471. The zero-order valence-electron chi connectivity index (χ0n) is 12.8. The van der Waals surface area contributed by atoms with E-state index in [0.717, 1.165) is 18.5 Å².